The van der Waals surface area contributed by atoms with E-state index in [1.54, 1.807) is 49.5 Å². The molecular formula is C20H14ClN5O3S. The van der Waals surface area contributed by atoms with Crippen molar-refractivity contribution in [2.75, 3.05) is 11.1 Å². The number of pyridine rings is 2. The highest BCUT2D eigenvalue weighted by molar-refractivity contribution is 8.02. The second-order valence-electron chi connectivity index (χ2n) is 6.89. The molecule has 2 N–H and O–H groups in total. The molecule has 30 heavy (non-hydrogen) atoms. The summed E-state index contributed by atoms with van der Waals surface area (Å²) in [5.74, 6) is -1.31. The van der Waals surface area contributed by atoms with Crippen molar-refractivity contribution in [2.24, 2.45) is 0 Å². The van der Waals surface area contributed by atoms with Gasteiger partial charge >= 0.3 is 0 Å². The van der Waals surface area contributed by atoms with E-state index in [0.29, 0.717) is 38.6 Å². The molecule has 1 spiro atoms. The van der Waals surface area contributed by atoms with Gasteiger partial charge < -0.3 is 5.32 Å². The van der Waals surface area contributed by atoms with Crippen molar-refractivity contribution in [3.8, 4) is 0 Å². The van der Waals surface area contributed by atoms with Crippen LogP contribution in [0.15, 0.2) is 42.6 Å². The predicted octanol–water partition coefficient (Wildman–Crippen LogP) is 2.62. The quantitative estimate of drug-likeness (QED) is 0.636. The van der Waals surface area contributed by atoms with Crippen LogP contribution in [0.1, 0.15) is 21.6 Å². The zero-order chi connectivity index (χ0) is 21.0. The topological polar surface area (TPSA) is 104 Å². The molecule has 3 aromatic rings. The molecule has 2 aromatic heterocycles. The van der Waals surface area contributed by atoms with Gasteiger partial charge in [-0.25, -0.2) is 15.0 Å². The number of hydrogen-bond acceptors (Lipinski definition) is 6. The van der Waals surface area contributed by atoms with Crippen LogP contribution < -0.4 is 10.7 Å². The summed E-state index contributed by atoms with van der Waals surface area (Å²) < 4.78 is 0. The van der Waals surface area contributed by atoms with Gasteiger partial charge in [-0.2, -0.15) is 0 Å². The van der Waals surface area contributed by atoms with Gasteiger partial charge in [-0.3, -0.25) is 19.8 Å². The summed E-state index contributed by atoms with van der Waals surface area (Å²) in [6, 6.07) is 10.3. The van der Waals surface area contributed by atoms with Gasteiger partial charge in [0.05, 0.1) is 27.7 Å². The lowest BCUT2D eigenvalue weighted by Crippen LogP contribution is -2.55. The van der Waals surface area contributed by atoms with Gasteiger partial charge in [-0.05, 0) is 31.2 Å². The Morgan fingerprint density at radius 1 is 1.30 bits per heavy atom. The van der Waals surface area contributed by atoms with Crippen LogP contribution in [-0.4, -0.2) is 38.5 Å². The van der Waals surface area contributed by atoms with Crippen LogP contribution in [0.3, 0.4) is 0 Å². The maximum absolute atomic E-state index is 13.1. The fourth-order valence-corrected chi connectivity index (χ4v) is 5.19. The Morgan fingerprint density at radius 3 is 2.97 bits per heavy atom. The highest BCUT2D eigenvalue weighted by Gasteiger charge is 2.59. The number of rotatable bonds is 2. The largest absolute Gasteiger partial charge is 0.321 e. The minimum absolute atomic E-state index is 0.0402. The molecule has 1 aromatic carbocycles. The maximum atomic E-state index is 13.1. The SMILES string of the molecule is Cc1nc2ncccc2cc1C(=O)NN1C(=O)CSC12C(=O)Nc1c(Cl)cccc12. The van der Waals surface area contributed by atoms with Crippen molar-refractivity contribution < 1.29 is 14.4 Å². The summed E-state index contributed by atoms with van der Waals surface area (Å²) in [5, 5.41) is 4.90. The monoisotopic (exact) mass is 439 g/mol. The summed E-state index contributed by atoms with van der Waals surface area (Å²) in [5.41, 5.74) is 4.89. The molecule has 2 aliphatic rings. The van der Waals surface area contributed by atoms with Crippen molar-refractivity contribution in [1.82, 2.24) is 20.4 Å². The highest BCUT2D eigenvalue weighted by Crippen LogP contribution is 2.52. The molecule has 1 atom stereocenters. The molecule has 5 rings (SSSR count). The summed E-state index contributed by atoms with van der Waals surface area (Å²) in [6.45, 7) is 1.69. The van der Waals surface area contributed by atoms with Crippen LogP contribution in [0.25, 0.3) is 11.0 Å². The number of hydrazine groups is 1. The molecule has 4 heterocycles. The van der Waals surface area contributed by atoms with Crippen molar-refractivity contribution in [2.45, 2.75) is 11.8 Å². The number of carbonyl (C=O) groups is 3. The maximum Gasteiger partial charge on any atom is 0.271 e. The number of carbonyl (C=O) groups excluding carboxylic acids is 3. The molecule has 3 amide bonds. The van der Waals surface area contributed by atoms with E-state index in [2.05, 4.69) is 20.7 Å². The number of amides is 3. The second kappa shape index (κ2) is 6.68. The highest BCUT2D eigenvalue weighted by atomic mass is 35.5. The smallest absolute Gasteiger partial charge is 0.271 e. The third-order valence-electron chi connectivity index (χ3n) is 5.13. The number of aryl methyl sites for hydroxylation is 1. The van der Waals surface area contributed by atoms with E-state index in [1.165, 1.54) is 0 Å². The van der Waals surface area contributed by atoms with Crippen LogP contribution in [0, 0.1) is 6.92 Å². The minimum Gasteiger partial charge on any atom is -0.321 e. The average Bonchev–Trinajstić information content (AvgIpc) is 3.21. The zero-order valence-electron chi connectivity index (χ0n) is 15.6. The number of benzene rings is 1. The average molecular weight is 440 g/mol. The Morgan fingerprint density at radius 2 is 2.13 bits per heavy atom. The fraction of sp³-hybridized carbons (Fsp3) is 0.150. The summed E-state index contributed by atoms with van der Waals surface area (Å²) in [4.78, 5) is 45.9. The van der Waals surface area contributed by atoms with Crippen LogP contribution in [-0.2, 0) is 14.5 Å². The zero-order valence-corrected chi connectivity index (χ0v) is 17.2. The lowest BCUT2D eigenvalue weighted by molar-refractivity contribution is -0.139. The Bertz CT molecular complexity index is 1270. The Labute approximate surface area is 180 Å². The Hall–Kier alpha value is -3.17. The number of nitrogens with one attached hydrogen (secondary N) is 2. The van der Waals surface area contributed by atoms with Crippen LogP contribution in [0.2, 0.25) is 5.02 Å². The normalized spacial score (nSPS) is 20.0. The van der Waals surface area contributed by atoms with E-state index in [4.69, 9.17) is 11.6 Å². The molecule has 10 heteroatoms. The molecule has 1 saturated heterocycles. The number of fused-ring (bicyclic) bond motifs is 3. The Kier molecular flexibility index (Phi) is 4.19. The summed E-state index contributed by atoms with van der Waals surface area (Å²) in [6.07, 6.45) is 1.62. The predicted molar refractivity (Wildman–Crippen MR) is 113 cm³/mol. The van der Waals surface area contributed by atoms with Gasteiger partial charge in [-0.15, -0.1) is 11.8 Å². The van der Waals surface area contributed by atoms with Crippen molar-refractivity contribution >= 4 is 57.8 Å². The van der Waals surface area contributed by atoms with E-state index < -0.39 is 16.7 Å². The molecular weight excluding hydrogens is 426 g/mol. The Balaban J connectivity index is 1.55. The molecule has 1 unspecified atom stereocenters. The number of thioether (sulfide) groups is 1. The third kappa shape index (κ3) is 2.59. The molecule has 8 nitrogen and oxygen atoms in total. The lowest BCUT2D eigenvalue weighted by atomic mass is 10.1. The molecule has 0 radical (unpaired) electrons. The first-order valence-corrected chi connectivity index (χ1v) is 10.4. The molecule has 150 valence electrons. The van der Waals surface area contributed by atoms with E-state index in [0.717, 1.165) is 16.8 Å². The summed E-state index contributed by atoms with van der Waals surface area (Å²) >= 11 is 7.37. The van der Waals surface area contributed by atoms with E-state index in [9.17, 15) is 14.4 Å². The number of para-hydroxylation sites is 1. The first-order chi connectivity index (χ1) is 14.4. The number of aromatic nitrogens is 2. The molecule has 0 saturated carbocycles. The van der Waals surface area contributed by atoms with Crippen molar-refractivity contribution in [1.29, 1.82) is 0 Å². The number of anilines is 1. The number of hydrogen-bond donors (Lipinski definition) is 2. The van der Waals surface area contributed by atoms with Gasteiger partial charge in [-0.1, -0.05) is 23.7 Å². The molecule has 1 fully saturated rings. The molecule has 0 aliphatic carbocycles. The van der Waals surface area contributed by atoms with E-state index >= 15 is 0 Å². The van der Waals surface area contributed by atoms with Gasteiger partial charge in [0.15, 0.2) is 5.65 Å². The van der Waals surface area contributed by atoms with Gasteiger partial charge in [0.2, 0.25) is 4.87 Å². The summed E-state index contributed by atoms with van der Waals surface area (Å²) in [7, 11) is 0. The van der Waals surface area contributed by atoms with Crippen molar-refractivity contribution in [3.05, 3.63) is 64.4 Å². The first kappa shape index (κ1) is 18.8. The van der Waals surface area contributed by atoms with Crippen LogP contribution >= 0.6 is 23.4 Å². The van der Waals surface area contributed by atoms with Crippen LogP contribution in [0.5, 0.6) is 0 Å². The lowest BCUT2D eigenvalue weighted by Gasteiger charge is -2.32. The fourth-order valence-electron chi connectivity index (χ4n) is 3.72. The van der Waals surface area contributed by atoms with Gasteiger partial charge in [0.25, 0.3) is 17.7 Å². The van der Waals surface area contributed by atoms with Crippen LogP contribution in [0.4, 0.5) is 5.69 Å². The van der Waals surface area contributed by atoms with Gasteiger partial charge in [0.1, 0.15) is 0 Å². The van der Waals surface area contributed by atoms with E-state index in [1.807, 2.05) is 0 Å². The molecule has 2 aliphatic heterocycles. The second-order valence-corrected chi connectivity index (χ2v) is 8.47. The van der Waals surface area contributed by atoms with Crippen molar-refractivity contribution in [3.63, 3.8) is 0 Å². The standard InChI is InChI=1S/C20H14ClN5O3S/c1-10-12(8-11-4-3-7-22-17(11)23-10)18(28)25-26-15(27)9-30-20(26)13-5-2-6-14(21)16(13)24-19(20)29/h2-8H,9H2,1H3,(H,24,29)(H,25,28). The molecule has 0 bridgehead atoms. The number of halogens is 1. The third-order valence-corrected chi connectivity index (χ3v) is 6.84. The minimum atomic E-state index is -1.41. The van der Waals surface area contributed by atoms with Gasteiger partial charge in [0, 0.05) is 17.1 Å². The first-order valence-electron chi connectivity index (χ1n) is 9.02. The van der Waals surface area contributed by atoms with E-state index in [-0.39, 0.29) is 11.7 Å². The number of nitrogens with zero attached hydrogens (tertiary/aromatic N) is 3.